The van der Waals surface area contributed by atoms with Crippen molar-refractivity contribution < 1.29 is 4.74 Å². The smallest absolute Gasteiger partial charge is 0.155 e. The number of hydrogen-bond donors (Lipinski definition) is 0. The quantitative estimate of drug-likeness (QED) is 0.847. The van der Waals surface area contributed by atoms with E-state index in [1.165, 1.54) is 38.0 Å². The van der Waals surface area contributed by atoms with Crippen molar-refractivity contribution in [2.24, 2.45) is 0 Å². The van der Waals surface area contributed by atoms with Crippen LogP contribution in [0.1, 0.15) is 36.6 Å². The molecular formula is C16H22N4O. The lowest BCUT2D eigenvalue weighted by Crippen LogP contribution is -2.41. The van der Waals surface area contributed by atoms with Crippen LogP contribution >= 0.6 is 0 Å². The first kappa shape index (κ1) is 13.2. The summed E-state index contributed by atoms with van der Waals surface area (Å²) in [5, 5.41) is 4.61. The van der Waals surface area contributed by atoms with Gasteiger partial charge >= 0.3 is 0 Å². The molecule has 0 radical (unpaired) electrons. The molecule has 0 bridgehead atoms. The second-order valence-corrected chi connectivity index (χ2v) is 6.25. The molecule has 21 heavy (non-hydrogen) atoms. The van der Waals surface area contributed by atoms with Crippen LogP contribution in [0.3, 0.4) is 0 Å². The summed E-state index contributed by atoms with van der Waals surface area (Å²) in [7, 11) is 0. The third-order valence-electron chi connectivity index (χ3n) is 4.88. The number of aryl methyl sites for hydroxylation is 1. The van der Waals surface area contributed by atoms with Gasteiger partial charge in [-0.05, 0) is 45.3 Å². The van der Waals surface area contributed by atoms with Crippen LogP contribution in [0.4, 0.5) is 0 Å². The van der Waals surface area contributed by atoms with Gasteiger partial charge in [-0.25, -0.2) is 9.50 Å². The van der Waals surface area contributed by atoms with Gasteiger partial charge in [-0.2, -0.15) is 5.10 Å². The van der Waals surface area contributed by atoms with E-state index < -0.39 is 0 Å². The molecule has 0 aliphatic carbocycles. The largest absolute Gasteiger partial charge is 0.380 e. The Bertz CT molecular complexity index is 624. The third-order valence-corrected chi connectivity index (χ3v) is 4.88. The molecular weight excluding hydrogens is 264 g/mol. The number of piperidine rings is 1. The van der Waals surface area contributed by atoms with Crippen molar-refractivity contribution in [2.45, 2.75) is 38.1 Å². The Morgan fingerprint density at radius 1 is 1.24 bits per heavy atom. The van der Waals surface area contributed by atoms with E-state index in [0.717, 1.165) is 24.6 Å². The maximum atomic E-state index is 5.52. The van der Waals surface area contributed by atoms with Crippen LogP contribution in [0, 0.1) is 6.92 Å². The van der Waals surface area contributed by atoms with E-state index in [-0.39, 0.29) is 0 Å². The molecule has 1 atom stereocenters. The molecule has 4 heterocycles. The van der Waals surface area contributed by atoms with E-state index in [0.29, 0.717) is 12.0 Å². The van der Waals surface area contributed by atoms with Gasteiger partial charge in [0.15, 0.2) is 5.65 Å². The predicted octanol–water partition coefficient (Wildman–Crippen LogP) is 2.01. The number of nitrogens with zero attached hydrogens (tertiary/aromatic N) is 4. The Balaban J connectivity index is 1.52. The fourth-order valence-electron chi connectivity index (χ4n) is 3.71. The van der Waals surface area contributed by atoms with Crippen LogP contribution in [-0.2, 0) is 4.74 Å². The van der Waals surface area contributed by atoms with Gasteiger partial charge in [-0.1, -0.05) is 0 Å². The molecule has 2 aromatic rings. The topological polar surface area (TPSA) is 42.7 Å². The van der Waals surface area contributed by atoms with Gasteiger partial charge in [0.1, 0.15) is 0 Å². The van der Waals surface area contributed by atoms with Crippen molar-refractivity contribution >= 4 is 5.65 Å². The van der Waals surface area contributed by atoms with Gasteiger partial charge in [-0.15, -0.1) is 0 Å². The molecule has 5 heteroatoms. The number of aromatic nitrogens is 3. The van der Waals surface area contributed by atoms with Crippen molar-refractivity contribution in [1.82, 2.24) is 19.5 Å². The molecule has 2 aliphatic rings. The SMILES string of the molecule is Cc1cc2nccc(C3CCN([C@@H]4CCOC4)CC3)n2n1. The minimum Gasteiger partial charge on any atom is -0.380 e. The van der Waals surface area contributed by atoms with Gasteiger partial charge in [0, 0.05) is 36.5 Å². The van der Waals surface area contributed by atoms with Crippen LogP contribution in [0.15, 0.2) is 18.3 Å². The van der Waals surface area contributed by atoms with E-state index in [4.69, 9.17) is 4.74 Å². The fourth-order valence-corrected chi connectivity index (χ4v) is 3.71. The van der Waals surface area contributed by atoms with Gasteiger partial charge in [0.05, 0.1) is 12.3 Å². The number of likely N-dealkylation sites (tertiary alicyclic amines) is 1. The zero-order chi connectivity index (χ0) is 14.2. The number of ether oxygens (including phenoxy) is 1. The maximum absolute atomic E-state index is 5.52. The highest BCUT2D eigenvalue weighted by Crippen LogP contribution is 2.30. The average molecular weight is 286 g/mol. The van der Waals surface area contributed by atoms with Gasteiger partial charge < -0.3 is 4.74 Å². The number of hydrogen-bond acceptors (Lipinski definition) is 4. The Morgan fingerprint density at radius 3 is 2.86 bits per heavy atom. The Kier molecular flexibility index (Phi) is 3.39. The van der Waals surface area contributed by atoms with Crippen molar-refractivity contribution in [3.05, 3.63) is 29.7 Å². The number of rotatable bonds is 2. The van der Waals surface area contributed by atoms with E-state index in [9.17, 15) is 0 Å². The van der Waals surface area contributed by atoms with Crippen molar-refractivity contribution in [3.8, 4) is 0 Å². The minimum atomic E-state index is 0.591. The van der Waals surface area contributed by atoms with E-state index >= 15 is 0 Å². The molecule has 2 saturated heterocycles. The van der Waals surface area contributed by atoms with Gasteiger partial charge in [0.2, 0.25) is 0 Å². The normalized spacial score (nSPS) is 24.9. The Hall–Kier alpha value is -1.46. The lowest BCUT2D eigenvalue weighted by molar-refractivity contribution is 0.121. The summed E-state index contributed by atoms with van der Waals surface area (Å²) < 4.78 is 7.55. The molecule has 2 fully saturated rings. The second kappa shape index (κ2) is 5.39. The molecule has 2 aliphatic heterocycles. The summed E-state index contributed by atoms with van der Waals surface area (Å²) in [6, 6.07) is 4.84. The van der Waals surface area contributed by atoms with Crippen molar-refractivity contribution in [1.29, 1.82) is 0 Å². The molecule has 0 spiro atoms. The second-order valence-electron chi connectivity index (χ2n) is 6.25. The van der Waals surface area contributed by atoms with E-state index in [1.807, 2.05) is 17.6 Å². The highest BCUT2D eigenvalue weighted by atomic mass is 16.5. The molecule has 2 aromatic heterocycles. The molecule has 0 N–H and O–H groups in total. The molecule has 5 nitrogen and oxygen atoms in total. The van der Waals surface area contributed by atoms with Crippen molar-refractivity contribution in [2.75, 3.05) is 26.3 Å². The summed E-state index contributed by atoms with van der Waals surface area (Å²) in [6.07, 6.45) is 5.52. The van der Waals surface area contributed by atoms with Crippen LogP contribution in [0.2, 0.25) is 0 Å². The standard InChI is InChI=1S/C16H22N4O/c1-12-10-16-17-6-2-15(20(16)18-12)13-3-7-19(8-4-13)14-5-9-21-11-14/h2,6,10,13-14H,3-5,7-9,11H2,1H3/t14-/m1/s1. The molecule has 0 amide bonds. The Morgan fingerprint density at radius 2 is 2.10 bits per heavy atom. The first-order valence-corrected chi connectivity index (χ1v) is 7.94. The molecule has 0 saturated carbocycles. The van der Waals surface area contributed by atoms with Crippen LogP contribution in [0.5, 0.6) is 0 Å². The summed E-state index contributed by atoms with van der Waals surface area (Å²) in [6.45, 7) is 6.22. The summed E-state index contributed by atoms with van der Waals surface area (Å²) in [5.41, 5.74) is 3.32. The maximum Gasteiger partial charge on any atom is 0.155 e. The lowest BCUT2D eigenvalue weighted by Gasteiger charge is -2.35. The number of fused-ring (bicyclic) bond motifs is 1. The lowest BCUT2D eigenvalue weighted by atomic mass is 9.92. The third kappa shape index (κ3) is 2.45. The zero-order valence-corrected chi connectivity index (χ0v) is 12.5. The molecule has 0 aromatic carbocycles. The van der Waals surface area contributed by atoms with Crippen LogP contribution < -0.4 is 0 Å². The Labute approximate surface area is 124 Å². The summed E-state index contributed by atoms with van der Waals surface area (Å²) in [5.74, 6) is 0.591. The summed E-state index contributed by atoms with van der Waals surface area (Å²) >= 11 is 0. The van der Waals surface area contributed by atoms with Gasteiger partial charge in [0.25, 0.3) is 0 Å². The fraction of sp³-hybridized carbons (Fsp3) is 0.625. The molecule has 112 valence electrons. The minimum absolute atomic E-state index is 0.591. The monoisotopic (exact) mass is 286 g/mol. The first-order chi connectivity index (χ1) is 10.3. The van der Waals surface area contributed by atoms with Gasteiger partial charge in [-0.3, -0.25) is 4.90 Å². The van der Waals surface area contributed by atoms with Crippen LogP contribution in [0.25, 0.3) is 5.65 Å². The first-order valence-electron chi connectivity index (χ1n) is 7.94. The van der Waals surface area contributed by atoms with E-state index in [2.05, 4.69) is 27.1 Å². The van der Waals surface area contributed by atoms with Crippen molar-refractivity contribution in [3.63, 3.8) is 0 Å². The predicted molar refractivity (Wildman–Crippen MR) is 80.5 cm³/mol. The zero-order valence-electron chi connectivity index (χ0n) is 12.5. The van der Waals surface area contributed by atoms with E-state index in [1.54, 1.807) is 0 Å². The molecule has 4 rings (SSSR count). The van der Waals surface area contributed by atoms with Crippen LogP contribution in [-0.4, -0.2) is 51.8 Å². The average Bonchev–Trinajstić information content (AvgIpc) is 3.15. The highest BCUT2D eigenvalue weighted by Gasteiger charge is 2.29. The summed E-state index contributed by atoms with van der Waals surface area (Å²) in [4.78, 5) is 7.02. The molecule has 0 unspecified atom stereocenters. The highest BCUT2D eigenvalue weighted by molar-refractivity contribution is 5.40.